The van der Waals surface area contributed by atoms with Gasteiger partial charge in [-0.3, -0.25) is 9.59 Å². The van der Waals surface area contributed by atoms with Crippen molar-refractivity contribution in [1.82, 2.24) is 10.6 Å². The molecule has 0 saturated carbocycles. The lowest BCUT2D eigenvalue weighted by Crippen LogP contribution is -2.24. The first-order chi connectivity index (χ1) is 13.1. The van der Waals surface area contributed by atoms with E-state index in [0.717, 1.165) is 35.1 Å². The van der Waals surface area contributed by atoms with Crippen molar-refractivity contribution in [3.05, 3.63) is 58.7 Å². The highest BCUT2D eigenvalue weighted by Gasteiger charge is 2.29. The summed E-state index contributed by atoms with van der Waals surface area (Å²) in [5.74, 6) is -0.438. The van der Waals surface area contributed by atoms with E-state index < -0.39 is 0 Å². The Morgan fingerprint density at radius 3 is 1.67 bits per heavy atom. The van der Waals surface area contributed by atoms with E-state index in [2.05, 4.69) is 10.6 Å². The number of carbonyl (C=O) groups is 2. The van der Waals surface area contributed by atoms with Crippen LogP contribution in [0.15, 0.2) is 36.4 Å². The van der Waals surface area contributed by atoms with Crippen LogP contribution in [-0.2, 0) is 0 Å². The molecule has 2 amide bonds. The number of carbonyl (C=O) groups excluding carboxylic acids is 2. The Balaban J connectivity index is 1.94. The molecular weight excluding hydrogens is 340 g/mol. The van der Waals surface area contributed by atoms with E-state index in [1.165, 1.54) is 0 Å². The first kappa shape index (κ1) is 19.1. The minimum Gasteiger partial charge on any atom is -0.395 e. The third-order valence-corrected chi connectivity index (χ3v) is 4.92. The monoisotopic (exact) mass is 366 g/mol. The molecule has 5 nitrogen and oxygen atoms in total. The van der Waals surface area contributed by atoms with Crippen molar-refractivity contribution in [3.8, 4) is 11.1 Å². The van der Waals surface area contributed by atoms with Gasteiger partial charge in [0.2, 0.25) is 0 Å². The van der Waals surface area contributed by atoms with Crippen LogP contribution in [0.3, 0.4) is 0 Å². The van der Waals surface area contributed by atoms with Crippen LogP contribution in [0.4, 0.5) is 0 Å². The van der Waals surface area contributed by atoms with Gasteiger partial charge in [-0.2, -0.15) is 0 Å². The predicted molar refractivity (Wildman–Crippen MR) is 106 cm³/mol. The maximum Gasteiger partial charge on any atom is 0.251 e. The number of aliphatic hydroxyl groups is 1. The Labute approximate surface area is 159 Å². The van der Waals surface area contributed by atoms with Gasteiger partial charge in [0.1, 0.15) is 0 Å². The molecule has 0 radical (unpaired) electrons. The predicted octanol–water partition coefficient (Wildman–Crippen LogP) is 3.07. The van der Waals surface area contributed by atoms with Gasteiger partial charge in [-0.25, -0.2) is 0 Å². The van der Waals surface area contributed by atoms with E-state index in [0.29, 0.717) is 24.2 Å². The third-order valence-electron chi connectivity index (χ3n) is 4.92. The van der Waals surface area contributed by atoms with Crippen molar-refractivity contribution >= 4 is 11.8 Å². The van der Waals surface area contributed by atoms with Gasteiger partial charge in [0.25, 0.3) is 11.8 Å². The van der Waals surface area contributed by atoms with E-state index >= 15 is 0 Å². The molecule has 2 aromatic rings. The zero-order valence-electron chi connectivity index (χ0n) is 15.8. The molecule has 0 fully saturated rings. The number of hydrogen-bond donors (Lipinski definition) is 3. The first-order valence-corrected chi connectivity index (χ1v) is 9.56. The fourth-order valence-corrected chi connectivity index (χ4v) is 3.52. The van der Waals surface area contributed by atoms with Crippen molar-refractivity contribution in [2.24, 2.45) is 0 Å². The van der Waals surface area contributed by atoms with E-state index in [-0.39, 0.29) is 24.3 Å². The van der Waals surface area contributed by atoms with Gasteiger partial charge in [0.05, 0.1) is 6.61 Å². The number of rotatable bonds is 7. The summed E-state index contributed by atoms with van der Waals surface area (Å²) in [5.41, 5.74) is 5.07. The van der Waals surface area contributed by atoms with Crippen LogP contribution < -0.4 is 10.6 Å². The molecule has 0 aliphatic heterocycles. The largest absolute Gasteiger partial charge is 0.395 e. The minimum atomic E-state index is -0.229. The van der Waals surface area contributed by atoms with Gasteiger partial charge in [0, 0.05) is 30.1 Å². The number of aliphatic hydroxyl groups excluding tert-OH is 1. The summed E-state index contributed by atoms with van der Waals surface area (Å²) in [6.07, 6.45) is 1.76. The molecule has 0 saturated heterocycles. The van der Waals surface area contributed by atoms with Crippen LogP contribution >= 0.6 is 0 Å². The van der Waals surface area contributed by atoms with E-state index in [4.69, 9.17) is 0 Å². The number of amides is 2. The molecule has 1 aliphatic carbocycles. The van der Waals surface area contributed by atoms with Gasteiger partial charge in [-0.05, 0) is 59.4 Å². The van der Waals surface area contributed by atoms with Gasteiger partial charge in [-0.15, -0.1) is 0 Å². The van der Waals surface area contributed by atoms with E-state index in [9.17, 15) is 14.7 Å². The zero-order chi connectivity index (χ0) is 19.4. The third kappa shape index (κ3) is 3.74. The molecule has 0 bridgehead atoms. The maximum absolute atomic E-state index is 12.3. The second kappa shape index (κ2) is 8.35. The van der Waals surface area contributed by atoms with Crippen LogP contribution in [0.25, 0.3) is 11.1 Å². The zero-order valence-corrected chi connectivity index (χ0v) is 15.8. The van der Waals surface area contributed by atoms with Crippen molar-refractivity contribution in [2.75, 3.05) is 19.7 Å². The molecule has 27 heavy (non-hydrogen) atoms. The van der Waals surface area contributed by atoms with Crippen LogP contribution in [0.2, 0.25) is 0 Å². The topological polar surface area (TPSA) is 78.4 Å². The Bertz CT molecular complexity index is 791. The fourth-order valence-electron chi connectivity index (χ4n) is 3.52. The lowest BCUT2D eigenvalue weighted by Gasteiger charge is -2.12. The molecule has 5 heteroatoms. The SMILES string of the molecule is CCCNC(=O)c1ccc2c(c1)C(CO)c1cc(C(=O)NCCC)ccc1-2. The van der Waals surface area contributed by atoms with E-state index in [1.54, 1.807) is 0 Å². The molecule has 0 heterocycles. The van der Waals surface area contributed by atoms with Gasteiger partial charge < -0.3 is 15.7 Å². The molecule has 0 aromatic heterocycles. The van der Waals surface area contributed by atoms with Crippen molar-refractivity contribution in [3.63, 3.8) is 0 Å². The number of benzene rings is 2. The highest BCUT2D eigenvalue weighted by Crippen LogP contribution is 2.45. The van der Waals surface area contributed by atoms with Crippen LogP contribution in [-0.4, -0.2) is 36.6 Å². The molecule has 3 rings (SSSR count). The molecule has 0 unspecified atom stereocenters. The summed E-state index contributed by atoms with van der Waals surface area (Å²) in [6, 6.07) is 11.2. The highest BCUT2D eigenvalue weighted by atomic mass is 16.3. The number of hydrogen-bond acceptors (Lipinski definition) is 3. The lowest BCUT2D eigenvalue weighted by molar-refractivity contribution is 0.0945. The summed E-state index contributed by atoms with van der Waals surface area (Å²) in [4.78, 5) is 24.6. The van der Waals surface area contributed by atoms with Crippen LogP contribution in [0, 0.1) is 0 Å². The molecular formula is C22H26N2O3. The minimum absolute atomic E-state index is 0.0694. The number of fused-ring (bicyclic) bond motifs is 3. The maximum atomic E-state index is 12.3. The molecule has 0 atom stereocenters. The van der Waals surface area contributed by atoms with E-state index in [1.807, 2.05) is 50.2 Å². The molecule has 142 valence electrons. The van der Waals surface area contributed by atoms with Gasteiger partial charge >= 0.3 is 0 Å². The quantitative estimate of drug-likeness (QED) is 0.705. The Kier molecular flexibility index (Phi) is 5.91. The first-order valence-electron chi connectivity index (χ1n) is 9.56. The van der Waals surface area contributed by atoms with Crippen molar-refractivity contribution < 1.29 is 14.7 Å². The summed E-state index contributed by atoms with van der Waals surface area (Å²) in [6.45, 7) is 5.22. The Morgan fingerprint density at radius 1 is 0.852 bits per heavy atom. The average Bonchev–Trinajstić information content (AvgIpc) is 3.02. The van der Waals surface area contributed by atoms with Crippen LogP contribution in [0.5, 0.6) is 0 Å². The number of nitrogens with one attached hydrogen (secondary N) is 2. The molecule has 1 aliphatic rings. The van der Waals surface area contributed by atoms with Gasteiger partial charge in [-0.1, -0.05) is 26.0 Å². The summed E-state index contributed by atoms with van der Waals surface area (Å²) < 4.78 is 0. The normalized spacial score (nSPS) is 12.4. The van der Waals surface area contributed by atoms with Gasteiger partial charge in [0.15, 0.2) is 0 Å². The van der Waals surface area contributed by atoms with Crippen LogP contribution in [0.1, 0.15) is 64.4 Å². The molecule has 3 N–H and O–H groups in total. The Hall–Kier alpha value is -2.66. The molecule has 2 aromatic carbocycles. The molecule has 0 spiro atoms. The second-order valence-corrected chi connectivity index (χ2v) is 6.85. The summed E-state index contributed by atoms with van der Waals surface area (Å²) in [7, 11) is 0. The standard InChI is InChI=1S/C22H26N2O3/c1-3-9-23-21(26)14-5-7-16-17-8-6-15(22(27)24-10-4-2)12-19(17)20(13-25)18(16)11-14/h5-8,11-12,20,25H,3-4,9-10,13H2,1-2H3,(H,23,26)(H,24,27). The summed E-state index contributed by atoms with van der Waals surface area (Å²) >= 11 is 0. The smallest absolute Gasteiger partial charge is 0.251 e. The fraction of sp³-hybridized carbons (Fsp3) is 0.364. The average molecular weight is 366 g/mol. The highest BCUT2D eigenvalue weighted by molar-refractivity contribution is 5.97. The van der Waals surface area contributed by atoms with Crippen molar-refractivity contribution in [2.45, 2.75) is 32.6 Å². The lowest BCUT2D eigenvalue weighted by atomic mass is 9.95. The second-order valence-electron chi connectivity index (χ2n) is 6.85. The summed E-state index contributed by atoms with van der Waals surface area (Å²) in [5, 5.41) is 15.8. The van der Waals surface area contributed by atoms with Crippen molar-refractivity contribution in [1.29, 1.82) is 0 Å². The Morgan fingerprint density at radius 2 is 1.30 bits per heavy atom.